The summed E-state index contributed by atoms with van der Waals surface area (Å²) < 4.78 is 0. The van der Waals surface area contributed by atoms with Crippen molar-refractivity contribution in [3.8, 4) is 0 Å². The van der Waals surface area contributed by atoms with Gasteiger partial charge in [-0.2, -0.15) is 0 Å². The lowest BCUT2D eigenvalue weighted by Gasteiger charge is -2.00. The zero-order valence-electron chi connectivity index (χ0n) is 7.65. The van der Waals surface area contributed by atoms with Gasteiger partial charge in [0, 0.05) is 14.1 Å². The number of hydrogen-bond acceptors (Lipinski definition) is 2. The van der Waals surface area contributed by atoms with Crippen LogP contribution in [0.4, 0.5) is 5.69 Å². The molecule has 3 heteroatoms. The Bertz CT molecular complexity index is 262. The van der Waals surface area contributed by atoms with Crippen molar-refractivity contribution in [2.24, 2.45) is 10.3 Å². The zero-order chi connectivity index (χ0) is 8.97. The molecule has 0 aromatic heterocycles. The quantitative estimate of drug-likeness (QED) is 0.486. The van der Waals surface area contributed by atoms with Crippen molar-refractivity contribution in [2.75, 3.05) is 14.1 Å². The Morgan fingerprint density at radius 3 is 2.17 bits per heavy atom. The summed E-state index contributed by atoms with van der Waals surface area (Å²) in [5.74, 6) is 0. The van der Waals surface area contributed by atoms with Crippen LogP contribution in [0.5, 0.6) is 0 Å². The molecule has 0 amide bonds. The number of rotatable bonds is 2. The summed E-state index contributed by atoms with van der Waals surface area (Å²) in [6.07, 6.45) is 0. The molecule has 0 aliphatic carbocycles. The Balaban J connectivity index is 2.71. The molecule has 0 aliphatic heterocycles. The molecule has 0 bridgehead atoms. The van der Waals surface area contributed by atoms with Crippen LogP contribution >= 0.6 is 0 Å². The molecule has 0 unspecified atom stereocenters. The van der Waals surface area contributed by atoms with Crippen molar-refractivity contribution >= 4 is 5.69 Å². The van der Waals surface area contributed by atoms with Crippen LogP contribution < -0.4 is 0 Å². The molecule has 1 rings (SSSR count). The third-order valence-electron chi connectivity index (χ3n) is 1.37. The smallest absolute Gasteiger partial charge is 0.0874 e. The Morgan fingerprint density at radius 2 is 1.67 bits per heavy atom. The number of benzene rings is 1. The molecule has 12 heavy (non-hydrogen) atoms. The molecule has 0 N–H and O–H groups in total. The highest BCUT2D eigenvalue weighted by atomic mass is 15.5. The molecule has 0 spiro atoms. The maximum atomic E-state index is 4.00. The van der Waals surface area contributed by atoms with E-state index in [0.29, 0.717) is 0 Å². The zero-order valence-corrected chi connectivity index (χ0v) is 7.65. The van der Waals surface area contributed by atoms with E-state index in [2.05, 4.69) is 10.3 Å². The highest BCUT2D eigenvalue weighted by Crippen LogP contribution is 2.12. The van der Waals surface area contributed by atoms with Crippen molar-refractivity contribution in [1.82, 2.24) is 5.01 Å². The van der Waals surface area contributed by atoms with Gasteiger partial charge in [-0.3, -0.25) is 5.01 Å². The van der Waals surface area contributed by atoms with Crippen LogP contribution in [0.15, 0.2) is 34.6 Å². The number of aryl methyl sites for hydroxylation is 1. The van der Waals surface area contributed by atoms with Gasteiger partial charge in [-0.15, -0.1) is 5.11 Å². The Labute approximate surface area is 72.7 Å². The summed E-state index contributed by atoms with van der Waals surface area (Å²) in [7, 11) is 3.69. The molecule has 3 nitrogen and oxygen atoms in total. The normalized spacial score (nSPS) is 10.6. The summed E-state index contributed by atoms with van der Waals surface area (Å²) in [4.78, 5) is 0. The minimum absolute atomic E-state index is 0.884. The summed E-state index contributed by atoms with van der Waals surface area (Å²) in [6.45, 7) is 2.05. The lowest BCUT2D eigenvalue weighted by atomic mass is 10.2. The summed E-state index contributed by atoms with van der Waals surface area (Å²) in [5, 5.41) is 9.55. The predicted molar refractivity (Wildman–Crippen MR) is 49.4 cm³/mol. The standard InChI is InChI=1S/C9H13N3/c1-8-4-6-9(7-5-8)10-11-12(2)3/h4-7H,1-3H3/b11-10+. The van der Waals surface area contributed by atoms with Gasteiger partial charge in [0.25, 0.3) is 0 Å². The first kappa shape index (κ1) is 8.71. The van der Waals surface area contributed by atoms with Gasteiger partial charge >= 0.3 is 0 Å². The predicted octanol–water partition coefficient (Wildman–Crippen LogP) is 2.56. The van der Waals surface area contributed by atoms with Crippen molar-refractivity contribution < 1.29 is 0 Å². The molecule has 0 fully saturated rings. The fourth-order valence-corrected chi connectivity index (χ4v) is 0.753. The fourth-order valence-electron chi connectivity index (χ4n) is 0.753. The maximum absolute atomic E-state index is 4.00. The summed E-state index contributed by atoms with van der Waals surface area (Å²) in [5.41, 5.74) is 2.12. The Morgan fingerprint density at radius 1 is 1.08 bits per heavy atom. The van der Waals surface area contributed by atoms with Gasteiger partial charge in [-0.25, -0.2) is 0 Å². The number of hydrogen-bond donors (Lipinski definition) is 0. The van der Waals surface area contributed by atoms with E-state index in [1.165, 1.54) is 5.56 Å². The van der Waals surface area contributed by atoms with Crippen LogP contribution in [0.1, 0.15) is 5.56 Å². The minimum Gasteiger partial charge on any atom is -0.285 e. The average Bonchev–Trinajstić information content (AvgIpc) is 2.03. The molecule has 0 saturated carbocycles. The second-order valence-electron chi connectivity index (χ2n) is 2.87. The lowest BCUT2D eigenvalue weighted by Crippen LogP contribution is -1.98. The lowest BCUT2D eigenvalue weighted by molar-refractivity contribution is 0.408. The molecule has 0 aliphatic rings. The van der Waals surface area contributed by atoms with Crippen molar-refractivity contribution in [1.29, 1.82) is 0 Å². The summed E-state index contributed by atoms with van der Waals surface area (Å²) in [6, 6.07) is 7.93. The van der Waals surface area contributed by atoms with Crippen molar-refractivity contribution in [3.05, 3.63) is 29.8 Å². The van der Waals surface area contributed by atoms with Crippen LogP contribution in [0.3, 0.4) is 0 Å². The molecular formula is C9H13N3. The molecule has 0 saturated heterocycles. The second-order valence-corrected chi connectivity index (χ2v) is 2.87. The van der Waals surface area contributed by atoms with Gasteiger partial charge in [0.1, 0.15) is 0 Å². The van der Waals surface area contributed by atoms with Gasteiger partial charge < -0.3 is 0 Å². The highest BCUT2D eigenvalue weighted by molar-refractivity contribution is 5.37. The van der Waals surface area contributed by atoms with E-state index in [9.17, 15) is 0 Å². The van der Waals surface area contributed by atoms with E-state index in [1.54, 1.807) is 5.01 Å². The van der Waals surface area contributed by atoms with Gasteiger partial charge in [-0.05, 0) is 19.1 Å². The van der Waals surface area contributed by atoms with E-state index in [0.717, 1.165) is 5.69 Å². The van der Waals surface area contributed by atoms with E-state index in [4.69, 9.17) is 0 Å². The Kier molecular flexibility index (Phi) is 2.80. The van der Waals surface area contributed by atoms with Gasteiger partial charge in [0.05, 0.1) is 5.69 Å². The Hall–Kier alpha value is -1.38. The number of nitrogens with zero attached hydrogens (tertiary/aromatic N) is 3. The van der Waals surface area contributed by atoms with Gasteiger partial charge in [-0.1, -0.05) is 22.9 Å². The maximum Gasteiger partial charge on any atom is 0.0874 e. The molecule has 1 aromatic carbocycles. The van der Waals surface area contributed by atoms with Gasteiger partial charge in [0.2, 0.25) is 0 Å². The second kappa shape index (κ2) is 3.85. The monoisotopic (exact) mass is 163 g/mol. The molecular weight excluding hydrogens is 150 g/mol. The van der Waals surface area contributed by atoms with E-state index in [-0.39, 0.29) is 0 Å². The van der Waals surface area contributed by atoms with Crippen LogP contribution in [0.25, 0.3) is 0 Å². The first-order valence-corrected chi connectivity index (χ1v) is 3.84. The van der Waals surface area contributed by atoms with Crippen molar-refractivity contribution in [3.63, 3.8) is 0 Å². The average molecular weight is 163 g/mol. The molecule has 1 aromatic rings. The van der Waals surface area contributed by atoms with Crippen molar-refractivity contribution in [2.45, 2.75) is 6.92 Å². The molecule has 0 heterocycles. The highest BCUT2D eigenvalue weighted by Gasteiger charge is 1.87. The van der Waals surface area contributed by atoms with E-state index < -0.39 is 0 Å². The first-order chi connectivity index (χ1) is 5.68. The fraction of sp³-hybridized carbons (Fsp3) is 0.333. The minimum atomic E-state index is 0.884. The van der Waals surface area contributed by atoms with E-state index >= 15 is 0 Å². The largest absolute Gasteiger partial charge is 0.285 e. The van der Waals surface area contributed by atoms with Crippen LogP contribution in [0.2, 0.25) is 0 Å². The summed E-state index contributed by atoms with van der Waals surface area (Å²) >= 11 is 0. The first-order valence-electron chi connectivity index (χ1n) is 3.84. The van der Waals surface area contributed by atoms with E-state index in [1.807, 2.05) is 45.3 Å². The SMILES string of the molecule is Cc1ccc(/N=N/N(C)C)cc1. The molecule has 64 valence electrons. The molecule has 0 atom stereocenters. The van der Waals surface area contributed by atoms with Crippen LogP contribution in [-0.2, 0) is 0 Å². The molecule has 0 radical (unpaired) electrons. The topological polar surface area (TPSA) is 28.0 Å². The van der Waals surface area contributed by atoms with Crippen LogP contribution in [0, 0.1) is 6.92 Å². The van der Waals surface area contributed by atoms with Gasteiger partial charge in [0.15, 0.2) is 0 Å². The van der Waals surface area contributed by atoms with Crippen LogP contribution in [-0.4, -0.2) is 19.1 Å². The third-order valence-corrected chi connectivity index (χ3v) is 1.37. The third kappa shape index (κ3) is 2.70.